The highest BCUT2D eigenvalue weighted by Gasteiger charge is 2.28. The van der Waals surface area contributed by atoms with Crippen LogP contribution in [0.15, 0.2) is 0 Å². The first-order chi connectivity index (χ1) is 6.38. The highest BCUT2D eigenvalue weighted by atomic mass is 14.8. The zero-order valence-corrected chi connectivity index (χ0v) is 9.31. The second-order valence-corrected chi connectivity index (χ2v) is 4.50. The van der Waals surface area contributed by atoms with Gasteiger partial charge in [0.05, 0.1) is 0 Å². The first-order valence-corrected chi connectivity index (χ1v) is 6.03. The monoisotopic (exact) mass is 183 g/mol. The lowest BCUT2D eigenvalue weighted by molar-refractivity contribution is 0.159. The van der Waals surface area contributed by atoms with E-state index in [-0.39, 0.29) is 0 Å². The van der Waals surface area contributed by atoms with Crippen LogP contribution in [0.5, 0.6) is 0 Å². The summed E-state index contributed by atoms with van der Waals surface area (Å²) < 4.78 is 0. The lowest BCUT2D eigenvalue weighted by Gasteiger charge is -2.36. The van der Waals surface area contributed by atoms with Crippen molar-refractivity contribution in [1.82, 2.24) is 5.32 Å². The van der Waals surface area contributed by atoms with Crippen molar-refractivity contribution in [3.8, 4) is 0 Å². The quantitative estimate of drug-likeness (QED) is 0.598. The van der Waals surface area contributed by atoms with Gasteiger partial charge in [0, 0.05) is 0 Å². The summed E-state index contributed by atoms with van der Waals surface area (Å²) in [5.74, 6) is 2.07. The Morgan fingerprint density at radius 3 is 2.38 bits per heavy atom. The molecule has 1 saturated carbocycles. The fraction of sp³-hybridized carbons (Fsp3) is 1.00. The molecule has 1 fully saturated rings. The lowest BCUT2D eigenvalue weighted by atomic mass is 9.71. The highest BCUT2D eigenvalue weighted by Crippen LogP contribution is 2.37. The van der Waals surface area contributed by atoms with Gasteiger partial charge in [0.1, 0.15) is 0 Å². The Hall–Kier alpha value is -0.0400. The molecule has 0 aliphatic heterocycles. The van der Waals surface area contributed by atoms with Gasteiger partial charge in [-0.25, -0.2) is 0 Å². The maximum atomic E-state index is 3.30. The van der Waals surface area contributed by atoms with E-state index in [1.807, 2.05) is 0 Å². The third-order valence-corrected chi connectivity index (χ3v) is 3.47. The fourth-order valence-corrected chi connectivity index (χ4v) is 2.38. The second-order valence-electron chi connectivity index (χ2n) is 4.50. The minimum Gasteiger partial charge on any atom is -0.319 e. The molecule has 1 aliphatic rings. The van der Waals surface area contributed by atoms with E-state index in [0.29, 0.717) is 0 Å². The standard InChI is InChI=1S/C12H25N/c1-3-4-5-6-7-11-8-9-12(11)10-13-2/h11-13H,3-10H2,1-2H3. The van der Waals surface area contributed by atoms with Crippen molar-refractivity contribution in [3.63, 3.8) is 0 Å². The largest absolute Gasteiger partial charge is 0.319 e. The summed E-state index contributed by atoms with van der Waals surface area (Å²) in [6, 6.07) is 0. The smallest absolute Gasteiger partial charge is 0.00209 e. The summed E-state index contributed by atoms with van der Waals surface area (Å²) in [4.78, 5) is 0. The molecule has 2 atom stereocenters. The van der Waals surface area contributed by atoms with Crippen LogP contribution in [-0.4, -0.2) is 13.6 Å². The number of unbranched alkanes of at least 4 members (excludes halogenated alkanes) is 3. The van der Waals surface area contributed by atoms with Crippen LogP contribution in [0.4, 0.5) is 0 Å². The van der Waals surface area contributed by atoms with Crippen LogP contribution in [0.3, 0.4) is 0 Å². The van der Waals surface area contributed by atoms with Gasteiger partial charge in [-0.1, -0.05) is 39.0 Å². The Labute approximate surface area is 83.3 Å². The molecular formula is C12H25N. The number of hydrogen-bond acceptors (Lipinski definition) is 1. The highest BCUT2D eigenvalue weighted by molar-refractivity contribution is 4.81. The summed E-state index contributed by atoms with van der Waals surface area (Å²) in [7, 11) is 2.08. The Balaban J connectivity index is 1.95. The predicted octanol–water partition coefficient (Wildman–Crippen LogP) is 3.20. The van der Waals surface area contributed by atoms with E-state index in [4.69, 9.17) is 0 Å². The molecule has 0 spiro atoms. The van der Waals surface area contributed by atoms with Gasteiger partial charge in [-0.05, 0) is 38.3 Å². The summed E-state index contributed by atoms with van der Waals surface area (Å²) in [5.41, 5.74) is 0. The van der Waals surface area contributed by atoms with Crippen LogP contribution in [-0.2, 0) is 0 Å². The van der Waals surface area contributed by atoms with Gasteiger partial charge >= 0.3 is 0 Å². The van der Waals surface area contributed by atoms with Gasteiger partial charge < -0.3 is 5.32 Å². The second kappa shape index (κ2) is 6.42. The van der Waals surface area contributed by atoms with Crippen LogP contribution in [0.2, 0.25) is 0 Å². The van der Waals surface area contributed by atoms with Gasteiger partial charge in [-0.2, -0.15) is 0 Å². The van der Waals surface area contributed by atoms with Crippen molar-refractivity contribution < 1.29 is 0 Å². The van der Waals surface area contributed by atoms with Crippen LogP contribution in [0.25, 0.3) is 0 Å². The summed E-state index contributed by atoms with van der Waals surface area (Å²) >= 11 is 0. The van der Waals surface area contributed by atoms with Crippen LogP contribution in [0, 0.1) is 11.8 Å². The fourth-order valence-electron chi connectivity index (χ4n) is 2.38. The molecule has 2 unspecified atom stereocenters. The molecule has 1 nitrogen and oxygen atoms in total. The molecule has 0 bridgehead atoms. The third-order valence-electron chi connectivity index (χ3n) is 3.47. The van der Waals surface area contributed by atoms with Crippen LogP contribution >= 0.6 is 0 Å². The molecule has 1 N–H and O–H groups in total. The molecule has 0 aromatic rings. The van der Waals surface area contributed by atoms with Crippen LogP contribution < -0.4 is 5.32 Å². The summed E-state index contributed by atoms with van der Waals surface area (Å²) in [6.45, 7) is 3.53. The Bertz CT molecular complexity index is 122. The van der Waals surface area contributed by atoms with E-state index in [0.717, 1.165) is 11.8 Å². The van der Waals surface area contributed by atoms with Crippen molar-refractivity contribution in [2.24, 2.45) is 11.8 Å². The van der Waals surface area contributed by atoms with Gasteiger partial charge in [0.2, 0.25) is 0 Å². The Morgan fingerprint density at radius 1 is 1.08 bits per heavy atom. The first-order valence-electron chi connectivity index (χ1n) is 6.03. The molecule has 0 aromatic carbocycles. The third kappa shape index (κ3) is 3.68. The molecule has 0 radical (unpaired) electrons. The average molecular weight is 183 g/mol. The van der Waals surface area contributed by atoms with Gasteiger partial charge in [-0.3, -0.25) is 0 Å². The first kappa shape index (κ1) is 11.0. The lowest BCUT2D eigenvalue weighted by Crippen LogP contribution is -2.33. The van der Waals surface area contributed by atoms with Crippen molar-refractivity contribution >= 4 is 0 Å². The number of hydrogen-bond donors (Lipinski definition) is 1. The predicted molar refractivity (Wildman–Crippen MR) is 58.9 cm³/mol. The molecule has 0 saturated heterocycles. The van der Waals surface area contributed by atoms with Gasteiger partial charge in [0.25, 0.3) is 0 Å². The molecule has 0 aromatic heterocycles. The zero-order chi connectivity index (χ0) is 9.52. The molecule has 1 aliphatic carbocycles. The van der Waals surface area contributed by atoms with E-state index in [2.05, 4.69) is 19.3 Å². The summed E-state index contributed by atoms with van der Waals surface area (Å²) in [6.07, 6.45) is 10.2. The van der Waals surface area contributed by atoms with Crippen molar-refractivity contribution in [1.29, 1.82) is 0 Å². The molecular weight excluding hydrogens is 158 g/mol. The van der Waals surface area contributed by atoms with Gasteiger partial charge in [-0.15, -0.1) is 0 Å². The van der Waals surface area contributed by atoms with Crippen molar-refractivity contribution in [2.75, 3.05) is 13.6 Å². The minimum atomic E-state index is 1.01. The maximum absolute atomic E-state index is 3.30. The van der Waals surface area contributed by atoms with Crippen LogP contribution in [0.1, 0.15) is 51.9 Å². The molecule has 0 amide bonds. The van der Waals surface area contributed by atoms with E-state index < -0.39 is 0 Å². The maximum Gasteiger partial charge on any atom is -0.00209 e. The van der Waals surface area contributed by atoms with Crippen molar-refractivity contribution in [3.05, 3.63) is 0 Å². The van der Waals surface area contributed by atoms with Crippen molar-refractivity contribution in [2.45, 2.75) is 51.9 Å². The van der Waals surface area contributed by atoms with E-state index >= 15 is 0 Å². The Kier molecular flexibility index (Phi) is 5.45. The van der Waals surface area contributed by atoms with E-state index in [1.54, 1.807) is 0 Å². The average Bonchev–Trinajstić information content (AvgIpc) is 2.12. The molecule has 1 heteroatoms. The summed E-state index contributed by atoms with van der Waals surface area (Å²) in [5, 5.41) is 3.30. The normalized spacial score (nSPS) is 27.2. The Morgan fingerprint density at radius 2 is 1.85 bits per heavy atom. The minimum absolute atomic E-state index is 1.01. The molecule has 13 heavy (non-hydrogen) atoms. The number of nitrogens with one attached hydrogen (secondary N) is 1. The molecule has 1 rings (SSSR count). The molecule has 0 heterocycles. The number of rotatable bonds is 7. The topological polar surface area (TPSA) is 12.0 Å². The van der Waals surface area contributed by atoms with Gasteiger partial charge in [0.15, 0.2) is 0 Å². The molecule has 78 valence electrons. The zero-order valence-electron chi connectivity index (χ0n) is 9.31. The van der Waals surface area contributed by atoms with E-state index in [1.165, 1.54) is 51.5 Å². The van der Waals surface area contributed by atoms with E-state index in [9.17, 15) is 0 Å². The SMILES string of the molecule is CCCCCCC1CCC1CNC.